The zero-order valence-corrected chi connectivity index (χ0v) is 7.20. The van der Waals surface area contributed by atoms with Gasteiger partial charge in [-0.3, -0.25) is 9.69 Å². The minimum Gasteiger partial charge on any atom is -0.395 e. The summed E-state index contributed by atoms with van der Waals surface area (Å²) < 4.78 is 0. The van der Waals surface area contributed by atoms with Crippen molar-refractivity contribution >= 4 is 5.91 Å². The quantitative estimate of drug-likeness (QED) is 0.577. The smallest absolute Gasteiger partial charge is 0.223 e. The van der Waals surface area contributed by atoms with Crippen LogP contribution >= 0.6 is 0 Å². The first-order valence-electron chi connectivity index (χ1n) is 4.18. The highest BCUT2D eigenvalue weighted by Gasteiger charge is 2.17. The van der Waals surface area contributed by atoms with E-state index in [1.807, 2.05) is 0 Å². The van der Waals surface area contributed by atoms with E-state index in [1.165, 1.54) is 0 Å². The lowest BCUT2D eigenvalue weighted by Crippen LogP contribution is -2.48. The molecular weight excluding hydrogens is 156 g/mol. The molecule has 1 heterocycles. The summed E-state index contributed by atoms with van der Waals surface area (Å²) in [6, 6.07) is 0. The summed E-state index contributed by atoms with van der Waals surface area (Å²) in [6.45, 7) is 7.43. The standard InChI is InChI=1S/C8H15N2O2/c1-8(12)10-4-2-9(3-5-10)6-7-11/h11H,1-7H2. The Balaban J connectivity index is 2.25. The first-order valence-corrected chi connectivity index (χ1v) is 4.18. The summed E-state index contributed by atoms with van der Waals surface area (Å²) in [6.07, 6.45) is 0. The van der Waals surface area contributed by atoms with Crippen LogP contribution in [0.25, 0.3) is 0 Å². The molecule has 1 saturated heterocycles. The molecule has 0 spiro atoms. The first kappa shape index (κ1) is 9.48. The van der Waals surface area contributed by atoms with E-state index in [9.17, 15) is 4.79 Å². The summed E-state index contributed by atoms with van der Waals surface area (Å²) in [5, 5.41) is 8.66. The molecule has 0 aromatic carbocycles. The third-order valence-corrected chi connectivity index (χ3v) is 2.14. The zero-order valence-electron chi connectivity index (χ0n) is 7.20. The van der Waals surface area contributed by atoms with Crippen LogP contribution < -0.4 is 0 Å². The van der Waals surface area contributed by atoms with Crippen molar-refractivity contribution in [2.45, 2.75) is 0 Å². The van der Waals surface area contributed by atoms with E-state index < -0.39 is 0 Å². The average Bonchev–Trinajstić information content (AvgIpc) is 2.06. The van der Waals surface area contributed by atoms with Crippen molar-refractivity contribution < 1.29 is 9.90 Å². The fourth-order valence-electron chi connectivity index (χ4n) is 1.36. The van der Waals surface area contributed by atoms with E-state index >= 15 is 0 Å². The van der Waals surface area contributed by atoms with Crippen LogP contribution in [-0.2, 0) is 4.79 Å². The maximum absolute atomic E-state index is 10.8. The van der Waals surface area contributed by atoms with Gasteiger partial charge in [0.25, 0.3) is 0 Å². The number of hydrogen-bond acceptors (Lipinski definition) is 3. The number of aliphatic hydroxyl groups is 1. The Kier molecular flexibility index (Phi) is 3.49. The SMILES string of the molecule is [CH2]C(=O)N1CCN(CCO)CC1. The predicted molar refractivity (Wildman–Crippen MR) is 45.5 cm³/mol. The van der Waals surface area contributed by atoms with Crippen molar-refractivity contribution in [1.29, 1.82) is 0 Å². The molecule has 4 nitrogen and oxygen atoms in total. The van der Waals surface area contributed by atoms with Gasteiger partial charge in [-0.15, -0.1) is 0 Å². The molecule has 0 aromatic rings. The lowest BCUT2D eigenvalue weighted by Gasteiger charge is -2.33. The topological polar surface area (TPSA) is 43.8 Å². The molecule has 1 radical (unpaired) electrons. The molecule has 69 valence electrons. The molecule has 0 saturated carbocycles. The maximum atomic E-state index is 10.8. The van der Waals surface area contributed by atoms with Crippen molar-refractivity contribution in [3.05, 3.63) is 6.92 Å². The largest absolute Gasteiger partial charge is 0.395 e. The Hall–Kier alpha value is -0.610. The van der Waals surface area contributed by atoms with Crippen LogP contribution in [0.5, 0.6) is 0 Å². The summed E-state index contributed by atoms with van der Waals surface area (Å²) in [7, 11) is 0. The Morgan fingerprint density at radius 2 is 1.92 bits per heavy atom. The second-order valence-electron chi connectivity index (χ2n) is 2.95. The molecule has 0 unspecified atom stereocenters. The number of carbonyl (C=O) groups excluding carboxylic acids is 1. The lowest BCUT2D eigenvalue weighted by atomic mass is 10.3. The molecule has 0 aromatic heterocycles. The van der Waals surface area contributed by atoms with Crippen LogP contribution in [0.1, 0.15) is 0 Å². The molecule has 1 fully saturated rings. The molecule has 1 aliphatic heterocycles. The van der Waals surface area contributed by atoms with E-state index in [2.05, 4.69) is 11.8 Å². The number of rotatable bonds is 2. The highest BCUT2D eigenvalue weighted by molar-refractivity contribution is 5.80. The van der Waals surface area contributed by atoms with E-state index in [0.717, 1.165) is 26.2 Å². The van der Waals surface area contributed by atoms with Gasteiger partial charge >= 0.3 is 0 Å². The van der Waals surface area contributed by atoms with Crippen molar-refractivity contribution in [1.82, 2.24) is 9.80 Å². The summed E-state index contributed by atoms with van der Waals surface area (Å²) >= 11 is 0. The highest BCUT2D eigenvalue weighted by atomic mass is 16.3. The Bertz CT molecular complexity index is 153. The van der Waals surface area contributed by atoms with Gasteiger partial charge in [-0.25, -0.2) is 0 Å². The van der Waals surface area contributed by atoms with Crippen LogP contribution in [0.4, 0.5) is 0 Å². The number of aliphatic hydroxyl groups excluding tert-OH is 1. The third-order valence-electron chi connectivity index (χ3n) is 2.14. The van der Waals surface area contributed by atoms with Crippen molar-refractivity contribution in [2.24, 2.45) is 0 Å². The lowest BCUT2D eigenvalue weighted by molar-refractivity contribution is -0.128. The van der Waals surface area contributed by atoms with Crippen LogP contribution in [0.2, 0.25) is 0 Å². The summed E-state index contributed by atoms with van der Waals surface area (Å²) in [5.41, 5.74) is 0. The number of amides is 1. The van der Waals surface area contributed by atoms with Crippen LogP contribution in [0.15, 0.2) is 0 Å². The van der Waals surface area contributed by atoms with Crippen LogP contribution in [0, 0.1) is 6.92 Å². The summed E-state index contributed by atoms with van der Waals surface area (Å²) in [5.74, 6) is -0.0985. The predicted octanol–water partition coefficient (Wildman–Crippen LogP) is -1.04. The molecule has 1 N–H and O–H groups in total. The second-order valence-corrected chi connectivity index (χ2v) is 2.95. The molecular formula is C8H15N2O2. The molecule has 1 rings (SSSR count). The second kappa shape index (κ2) is 4.42. The monoisotopic (exact) mass is 171 g/mol. The van der Waals surface area contributed by atoms with E-state index in [1.54, 1.807) is 4.90 Å². The highest BCUT2D eigenvalue weighted by Crippen LogP contribution is 2.00. The molecule has 12 heavy (non-hydrogen) atoms. The fraction of sp³-hybridized carbons (Fsp3) is 0.750. The van der Waals surface area contributed by atoms with E-state index in [4.69, 9.17) is 5.11 Å². The Morgan fingerprint density at radius 1 is 1.33 bits per heavy atom. The molecule has 0 bridgehead atoms. The number of nitrogens with zero attached hydrogens (tertiary/aromatic N) is 2. The molecule has 4 heteroatoms. The minimum atomic E-state index is -0.0985. The minimum absolute atomic E-state index is 0.0985. The van der Waals surface area contributed by atoms with E-state index in [0.29, 0.717) is 6.54 Å². The summed E-state index contributed by atoms with van der Waals surface area (Å²) in [4.78, 5) is 14.7. The molecule has 0 aliphatic carbocycles. The molecule has 0 atom stereocenters. The van der Waals surface area contributed by atoms with Gasteiger partial charge in [0.05, 0.1) is 6.61 Å². The Labute approximate surface area is 72.8 Å². The van der Waals surface area contributed by atoms with Crippen molar-refractivity contribution in [3.8, 4) is 0 Å². The zero-order chi connectivity index (χ0) is 8.97. The van der Waals surface area contributed by atoms with Gasteiger partial charge in [-0.05, 0) is 0 Å². The number of β-amino-alcohol motifs (C(OH)–C–C–N with tert-alkyl or cyclic N) is 1. The number of piperazine rings is 1. The Morgan fingerprint density at radius 3 is 2.33 bits per heavy atom. The van der Waals surface area contributed by atoms with Crippen LogP contribution in [0.3, 0.4) is 0 Å². The number of carbonyl (C=O) groups is 1. The first-order chi connectivity index (χ1) is 5.74. The average molecular weight is 171 g/mol. The van der Waals surface area contributed by atoms with Crippen LogP contribution in [-0.4, -0.2) is 60.1 Å². The van der Waals surface area contributed by atoms with E-state index in [-0.39, 0.29) is 12.5 Å². The maximum Gasteiger partial charge on any atom is 0.223 e. The van der Waals surface area contributed by atoms with Gasteiger partial charge in [0.2, 0.25) is 5.91 Å². The fourth-order valence-corrected chi connectivity index (χ4v) is 1.36. The van der Waals surface area contributed by atoms with Gasteiger partial charge in [-0.2, -0.15) is 0 Å². The molecule has 1 amide bonds. The van der Waals surface area contributed by atoms with Crippen molar-refractivity contribution in [2.75, 3.05) is 39.3 Å². The van der Waals surface area contributed by atoms with Gasteiger partial charge in [0, 0.05) is 39.6 Å². The van der Waals surface area contributed by atoms with Gasteiger partial charge < -0.3 is 10.0 Å². The van der Waals surface area contributed by atoms with Gasteiger partial charge in [-0.1, -0.05) is 0 Å². The normalized spacial score (nSPS) is 19.7. The van der Waals surface area contributed by atoms with Gasteiger partial charge in [0.15, 0.2) is 0 Å². The van der Waals surface area contributed by atoms with Gasteiger partial charge in [0.1, 0.15) is 0 Å². The number of hydrogen-bond donors (Lipinski definition) is 1. The van der Waals surface area contributed by atoms with Crippen molar-refractivity contribution in [3.63, 3.8) is 0 Å². The molecule has 1 aliphatic rings. The third kappa shape index (κ3) is 2.46.